The van der Waals surface area contributed by atoms with E-state index in [2.05, 4.69) is 9.80 Å². The fraction of sp³-hybridized carbons (Fsp3) is 0.933. The molecular formula is C15H24N2O2. The normalized spacial score (nSPS) is 46.7. The zero-order valence-corrected chi connectivity index (χ0v) is 11.5. The first-order valence-electron chi connectivity index (χ1n) is 7.95. The highest BCUT2D eigenvalue weighted by Gasteiger charge is 2.51. The third-order valence-corrected chi connectivity index (χ3v) is 5.92. The lowest BCUT2D eigenvalue weighted by Gasteiger charge is -2.58. The van der Waals surface area contributed by atoms with E-state index < -0.39 is 6.10 Å². The number of aliphatic hydroxyl groups excluding tert-OH is 1. The quantitative estimate of drug-likeness (QED) is 0.705. The second-order valence-corrected chi connectivity index (χ2v) is 6.94. The number of piperidine rings is 4. The molecule has 0 aromatic carbocycles. The Hall–Kier alpha value is -0.610. The molecule has 1 amide bonds. The van der Waals surface area contributed by atoms with E-state index in [1.54, 1.807) is 0 Å². The molecule has 4 saturated heterocycles. The van der Waals surface area contributed by atoms with Crippen molar-refractivity contribution < 1.29 is 9.90 Å². The van der Waals surface area contributed by atoms with Gasteiger partial charge in [-0.3, -0.25) is 9.69 Å². The fourth-order valence-corrected chi connectivity index (χ4v) is 5.26. The van der Waals surface area contributed by atoms with Gasteiger partial charge in [0.05, 0.1) is 12.5 Å². The summed E-state index contributed by atoms with van der Waals surface area (Å²) >= 11 is 0. The molecule has 0 radical (unpaired) electrons. The van der Waals surface area contributed by atoms with Crippen LogP contribution < -0.4 is 0 Å². The van der Waals surface area contributed by atoms with Gasteiger partial charge in [-0.05, 0) is 57.0 Å². The van der Waals surface area contributed by atoms with Crippen molar-refractivity contribution in [1.82, 2.24) is 9.80 Å². The Morgan fingerprint density at radius 1 is 1.16 bits per heavy atom. The van der Waals surface area contributed by atoms with E-state index in [-0.39, 0.29) is 5.91 Å². The molecule has 106 valence electrons. The minimum Gasteiger partial charge on any atom is -0.393 e. The molecule has 4 aliphatic heterocycles. The van der Waals surface area contributed by atoms with Crippen LogP contribution in [0.1, 0.15) is 38.5 Å². The van der Waals surface area contributed by atoms with Crippen LogP contribution in [0.4, 0.5) is 0 Å². The van der Waals surface area contributed by atoms with Crippen LogP contribution in [0.15, 0.2) is 0 Å². The first kappa shape index (κ1) is 12.2. The number of rotatable bonds is 0. The van der Waals surface area contributed by atoms with Gasteiger partial charge < -0.3 is 10.0 Å². The molecule has 0 unspecified atom stereocenters. The molecule has 0 aliphatic carbocycles. The van der Waals surface area contributed by atoms with Crippen LogP contribution in [0.2, 0.25) is 0 Å². The van der Waals surface area contributed by atoms with Gasteiger partial charge in [0.1, 0.15) is 0 Å². The summed E-state index contributed by atoms with van der Waals surface area (Å²) in [5.74, 6) is 1.51. The van der Waals surface area contributed by atoms with Gasteiger partial charge in [-0.15, -0.1) is 0 Å². The minimum absolute atomic E-state index is 0.199. The minimum atomic E-state index is -0.399. The van der Waals surface area contributed by atoms with Gasteiger partial charge in [0.2, 0.25) is 5.91 Å². The molecule has 4 heterocycles. The Labute approximate surface area is 114 Å². The van der Waals surface area contributed by atoms with E-state index in [1.165, 1.54) is 38.8 Å². The van der Waals surface area contributed by atoms with Gasteiger partial charge in [-0.1, -0.05) is 0 Å². The smallest absolute Gasteiger partial charge is 0.225 e. The molecule has 4 rings (SSSR count). The van der Waals surface area contributed by atoms with Gasteiger partial charge in [0.25, 0.3) is 0 Å². The van der Waals surface area contributed by atoms with Crippen LogP contribution in [-0.2, 0) is 4.79 Å². The molecule has 1 N–H and O–H groups in total. The van der Waals surface area contributed by atoms with Crippen molar-refractivity contribution in [2.75, 3.05) is 19.6 Å². The summed E-state index contributed by atoms with van der Waals surface area (Å²) in [5.41, 5.74) is 0. The van der Waals surface area contributed by atoms with Crippen molar-refractivity contribution in [3.8, 4) is 0 Å². The van der Waals surface area contributed by atoms with E-state index in [0.29, 0.717) is 30.3 Å². The molecule has 0 bridgehead atoms. The lowest BCUT2D eigenvalue weighted by Crippen LogP contribution is -2.67. The molecule has 4 aliphatic rings. The molecule has 4 fully saturated rings. The van der Waals surface area contributed by atoms with Crippen LogP contribution in [0.5, 0.6) is 0 Å². The van der Waals surface area contributed by atoms with Crippen molar-refractivity contribution in [1.29, 1.82) is 0 Å². The third kappa shape index (κ3) is 1.83. The largest absolute Gasteiger partial charge is 0.393 e. The lowest BCUT2D eigenvalue weighted by molar-refractivity contribution is -0.157. The van der Waals surface area contributed by atoms with Crippen LogP contribution in [0, 0.1) is 11.8 Å². The van der Waals surface area contributed by atoms with Gasteiger partial charge in [0.15, 0.2) is 0 Å². The number of fused-ring (bicyclic) bond motifs is 2. The van der Waals surface area contributed by atoms with E-state index >= 15 is 0 Å². The predicted molar refractivity (Wildman–Crippen MR) is 71.6 cm³/mol. The summed E-state index contributed by atoms with van der Waals surface area (Å²) in [7, 11) is 0. The molecular weight excluding hydrogens is 240 g/mol. The SMILES string of the molecule is O=C1C[C@@H](O)C[C@@H]2[C@H]3CCCN4CCC[C@@H](CN12)[C@@H]34. The first-order valence-corrected chi connectivity index (χ1v) is 7.95. The monoisotopic (exact) mass is 264 g/mol. The first-order chi connectivity index (χ1) is 9.24. The van der Waals surface area contributed by atoms with Crippen LogP contribution >= 0.6 is 0 Å². The highest BCUT2D eigenvalue weighted by Crippen LogP contribution is 2.44. The van der Waals surface area contributed by atoms with Gasteiger partial charge in [-0.25, -0.2) is 0 Å². The Kier molecular flexibility index (Phi) is 2.85. The van der Waals surface area contributed by atoms with Crippen molar-refractivity contribution in [3.05, 3.63) is 0 Å². The average molecular weight is 264 g/mol. The summed E-state index contributed by atoms with van der Waals surface area (Å²) < 4.78 is 0. The standard InChI is InChI=1S/C15H24N2O2/c18-11-7-13-12-4-2-6-16-5-1-3-10(15(12)16)9-17(13)14(19)8-11/h10-13,15,18H,1-9H2/t10-,11-,12+,13+,15-/m0/s1. The molecule has 0 spiro atoms. The summed E-state index contributed by atoms with van der Waals surface area (Å²) in [6, 6.07) is 1.01. The topological polar surface area (TPSA) is 43.8 Å². The third-order valence-electron chi connectivity index (χ3n) is 5.92. The van der Waals surface area contributed by atoms with E-state index in [9.17, 15) is 9.90 Å². The number of amides is 1. The zero-order chi connectivity index (χ0) is 13.0. The molecule has 4 nitrogen and oxygen atoms in total. The Bertz CT molecular complexity index is 384. The molecule has 0 saturated carbocycles. The van der Waals surface area contributed by atoms with Crippen molar-refractivity contribution in [2.45, 2.75) is 56.7 Å². The maximum atomic E-state index is 12.2. The summed E-state index contributed by atoms with van der Waals surface area (Å²) in [6.45, 7) is 3.45. The average Bonchev–Trinajstić information content (AvgIpc) is 2.41. The van der Waals surface area contributed by atoms with Crippen LogP contribution in [0.3, 0.4) is 0 Å². The second kappa shape index (κ2) is 4.45. The van der Waals surface area contributed by atoms with E-state index in [4.69, 9.17) is 0 Å². The number of hydrogen-bond donors (Lipinski definition) is 1. The summed E-state index contributed by atoms with van der Waals surface area (Å²) in [4.78, 5) is 17.0. The fourth-order valence-electron chi connectivity index (χ4n) is 5.26. The molecule has 5 atom stereocenters. The number of nitrogens with zero attached hydrogens (tertiary/aromatic N) is 2. The molecule has 19 heavy (non-hydrogen) atoms. The van der Waals surface area contributed by atoms with E-state index in [0.717, 1.165) is 13.0 Å². The second-order valence-electron chi connectivity index (χ2n) is 6.94. The van der Waals surface area contributed by atoms with E-state index in [1.807, 2.05) is 0 Å². The Morgan fingerprint density at radius 2 is 1.95 bits per heavy atom. The summed E-state index contributed by atoms with van der Waals surface area (Å²) in [6.07, 6.45) is 5.86. The maximum Gasteiger partial charge on any atom is 0.225 e. The zero-order valence-electron chi connectivity index (χ0n) is 11.5. The molecule has 4 heteroatoms. The molecule has 0 aromatic heterocycles. The summed E-state index contributed by atoms with van der Waals surface area (Å²) in [5, 5.41) is 9.95. The number of aliphatic hydroxyl groups is 1. The molecule has 0 aromatic rings. The van der Waals surface area contributed by atoms with Gasteiger partial charge in [0, 0.05) is 18.6 Å². The van der Waals surface area contributed by atoms with Crippen molar-refractivity contribution in [2.24, 2.45) is 11.8 Å². The maximum absolute atomic E-state index is 12.2. The van der Waals surface area contributed by atoms with Crippen LogP contribution in [0.25, 0.3) is 0 Å². The Balaban J connectivity index is 1.65. The number of carbonyl (C=O) groups is 1. The van der Waals surface area contributed by atoms with Crippen molar-refractivity contribution >= 4 is 5.91 Å². The predicted octanol–water partition coefficient (Wildman–Crippen LogP) is 0.842. The van der Waals surface area contributed by atoms with Gasteiger partial charge >= 0.3 is 0 Å². The number of carbonyl (C=O) groups excluding carboxylic acids is 1. The number of hydrogen-bond acceptors (Lipinski definition) is 3. The van der Waals surface area contributed by atoms with Crippen LogP contribution in [-0.4, -0.2) is 58.6 Å². The Morgan fingerprint density at radius 3 is 2.79 bits per heavy atom. The highest BCUT2D eigenvalue weighted by molar-refractivity contribution is 5.78. The highest BCUT2D eigenvalue weighted by atomic mass is 16.3. The van der Waals surface area contributed by atoms with Crippen molar-refractivity contribution in [3.63, 3.8) is 0 Å². The lowest BCUT2D eigenvalue weighted by atomic mass is 9.68. The van der Waals surface area contributed by atoms with Gasteiger partial charge in [-0.2, -0.15) is 0 Å².